The Labute approximate surface area is 83.9 Å². The molecule has 0 aromatic carbocycles. The highest BCUT2D eigenvalue weighted by molar-refractivity contribution is 7.81. The first kappa shape index (κ1) is 10.3. The zero-order chi connectivity index (χ0) is 9.35. The first-order valence-electron chi connectivity index (χ1n) is 3.99. The van der Waals surface area contributed by atoms with Gasteiger partial charge in [0.25, 0.3) is 0 Å². The minimum Gasteiger partial charge on any atom is -0.461 e. The van der Waals surface area contributed by atoms with Crippen LogP contribution in [0.25, 0.3) is 0 Å². The summed E-state index contributed by atoms with van der Waals surface area (Å²) in [5.74, 6) is 0.404. The van der Waals surface area contributed by atoms with Crippen molar-refractivity contribution >= 4 is 31.2 Å². The Kier molecular flexibility index (Phi) is 2.99. The Bertz CT molecular complexity index is 186. The molecule has 0 aliphatic carbocycles. The number of rotatable bonds is 2. The fourth-order valence-electron chi connectivity index (χ4n) is 1.22. The van der Waals surface area contributed by atoms with Crippen LogP contribution in [0.5, 0.6) is 0 Å². The molecule has 12 heavy (non-hydrogen) atoms. The van der Waals surface area contributed by atoms with Crippen molar-refractivity contribution in [3.63, 3.8) is 0 Å². The molecule has 0 saturated carbocycles. The van der Waals surface area contributed by atoms with Gasteiger partial charge >= 0.3 is 5.97 Å². The van der Waals surface area contributed by atoms with Crippen molar-refractivity contribution in [3.05, 3.63) is 0 Å². The molecule has 0 N–H and O–H groups in total. The summed E-state index contributed by atoms with van der Waals surface area (Å²) in [6, 6.07) is 0. The molecule has 0 unspecified atom stereocenters. The zero-order valence-electron chi connectivity index (χ0n) is 7.28. The van der Waals surface area contributed by atoms with Crippen LogP contribution < -0.4 is 0 Å². The van der Waals surface area contributed by atoms with E-state index in [1.54, 1.807) is 0 Å². The quantitative estimate of drug-likeness (QED) is 0.530. The summed E-state index contributed by atoms with van der Waals surface area (Å²) in [5.41, 5.74) is 0. The standard InChI is InChI=1S/C8H14O2S2/c1-8(2,12)6-3-5(4-11)7(9)10-6/h5-6,11-12H,3-4H2,1-2H3/t5-,6+/m1/s1. The van der Waals surface area contributed by atoms with E-state index >= 15 is 0 Å². The maximum absolute atomic E-state index is 11.2. The van der Waals surface area contributed by atoms with Crippen molar-refractivity contribution in [2.75, 3.05) is 5.75 Å². The lowest BCUT2D eigenvalue weighted by molar-refractivity contribution is -0.144. The van der Waals surface area contributed by atoms with Crippen LogP contribution in [0, 0.1) is 5.92 Å². The van der Waals surface area contributed by atoms with E-state index in [2.05, 4.69) is 25.3 Å². The summed E-state index contributed by atoms with van der Waals surface area (Å²) >= 11 is 8.45. The molecule has 70 valence electrons. The fraction of sp³-hybridized carbons (Fsp3) is 0.875. The molecule has 0 radical (unpaired) electrons. The van der Waals surface area contributed by atoms with Gasteiger partial charge in [0, 0.05) is 10.5 Å². The van der Waals surface area contributed by atoms with Gasteiger partial charge in [-0.25, -0.2) is 0 Å². The summed E-state index contributed by atoms with van der Waals surface area (Å²) < 4.78 is 4.92. The van der Waals surface area contributed by atoms with Gasteiger partial charge in [0.2, 0.25) is 0 Å². The molecule has 0 spiro atoms. The molecular formula is C8H14O2S2. The molecule has 0 amide bonds. The van der Waals surface area contributed by atoms with Gasteiger partial charge in [-0.1, -0.05) is 0 Å². The third-order valence-corrected chi connectivity index (χ3v) is 2.83. The Morgan fingerprint density at radius 1 is 1.67 bits per heavy atom. The highest BCUT2D eigenvalue weighted by Gasteiger charge is 2.40. The number of ether oxygens (including phenoxy) is 1. The Morgan fingerprint density at radius 2 is 2.25 bits per heavy atom. The first-order chi connectivity index (χ1) is 5.45. The number of hydrogen-bond acceptors (Lipinski definition) is 4. The summed E-state index contributed by atoms with van der Waals surface area (Å²) in [5, 5.41) is 0. The van der Waals surface area contributed by atoms with E-state index < -0.39 is 0 Å². The lowest BCUT2D eigenvalue weighted by Crippen LogP contribution is -2.30. The SMILES string of the molecule is CC(C)(S)[C@@H]1C[C@H](CS)C(=O)O1. The highest BCUT2D eigenvalue weighted by atomic mass is 32.1. The zero-order valence-corrected chi connectivity index (χ0v) is 9.07. The normalized spacial score (nSPS) is 30.5. The summed E-state index contributed by atoms with van der Waals surface area (Å²) in [6.45, 7) is 3.91. The largest absolute Gasteiger partial charge is 0.461 e. The lowest BCUT2D eigenvalue weighted by Gasteiger charge is -2.23. The molecule has 0 aromatic heterocycles. The average molecular weight is 206 g/mol. The van der Waals surface area contributed by atoms with E-state index in [4.69, 9.17) is 4.74 Å². The van der Waals surface area contributed by atoms with Crippen molar-refractivity contribution in [3.8, 4) is 0 Å². The van der Waals surface area contributed by atoms with E-state index in [0.29, 0.717) is 5.75 Å². The Morgan fingerprint density at radius 3 is 2.50 bits per heavy atom. The molecule has 1 rings (SSSR count). The van der Waals surface area contributed by atoms with Crippen LogP contribution in [0.3, 0.4) is 0 Å². The third-order valence-electron chi connectivity index (χ3n) is 2.10. The summed E-state index contributed by atoms with van der Waals surface area (Å²) in [7, 11) is 0. The van der Waals surface area contributed by atoms with Gasteiger partial charge in [0.15, 0.2) is 0 Å². The minimum atomic E-state index is -0.243. The van der Waals surface area contributed by atoms with Gasteiger partial charge in [-0.2, -0.15) is 25.3 Å². The summed E-state index contributed by atoms with van der Waals surface area (Å²) in [6.07, 6.45) is 0.684. The van der Waals surface area contributed by atoms with Crippen molar-refractivity contribution < 1.29 is 9.53 Å². The molecule has 0 aromatic rings. The molecule has 1 aliphatic rings. The van der Waals surface area contributed by atoms with Crippen LogP contribution >= 0.6 is 25.3 Å². The predicted octanol–water partition coefficient (Wildman–Crippen LogP) is 1.56. The average Bonchev–Trinajstić information content (AvgIpc) is 2.29. The van der Waals surface area contributed by atoms with Gasteiger partial charge in [-0.15, -0.1) is 0 Å². The number of hydrogen-bond donors (Lipinski definition) is 2. The Balaban J connectivity index is 2.60. The fourth-order valence-corrected chi connectivity index (χ4v) is 1.68. The van der Waals surface area contributed by atoms with E-state index in [-0.39, 0.29) is 22.7 Å². The van der Waals surface area contributed by atoms with Crippen molar-refractivity contribution in [2.45, 2.75) is 31.1 Å². The van der Waals surface area contributed by atoms with Gasteiger partial charge in [0.1, 0.15) is 6.10 Å². The molecule has 1 fully saturated rings. The van der Waals surface area contributed by atoms with Gasteiger partial charge < -0.3 is 4.74 Å². The maximum atomic E-state index is 11.2. The second-order valence-electron chi connectivity index (χ2n) is 3.69. The number of carbonyl (C=O) groups is 1. The molecule has 0 bridgehead atoms. The molecule has 1 saturated heterocycles. The molecule has 2 nitrogen and oxygen atoms in total. The van der Waals surface area contributed by atoms with E-state index in [1.807, 2.05) is 13.8 Å². The van der Waals surface area contributed by atoms with Crippen LogP contribution in [0.2, 0.25) is 0 Å². The van der Waals surface area contributed by atoms with Crippen molar-refractivity contribution in [1.29, 1.82) is 0 Å². The van der Waals surface area contributed by atoms with Gasteiger partial charge in [0.05, 0.1) is 5.92 Å². The van der Waals surface area contributed by atoms with Gasteiger partial charge in [-0.05, 0) is 20.3 Å². The first-order valence-corrected chi connectivity index (χ1v) is 5.07. The van der Waals surface area contributed by atoms with Crippen molar-refractivity contribution in [1.82, 2.24) is 0 Å². The molecule has 1 heterocycles. The smallest absolute Gasteiger partial charge is 0.310 e. The van der Waals surface area contributed by atoms with E-state index in [0.717, 1.165) is 6.42 Å². The number of cyclic esters (lactones) is 1. The summed E-state index contributed by atoms with van der Waals surface area (Å²) in [4.78, 5) is 11.2. The number of thiol groups is 2. The molecular weight excluding hydrogens is 192 g/mol. The monoisotopic (exact) mass is 206 g/mol. The lowest BCUT2D eigenvalue weighted by atomic mass is 9.99. The van der Waals surface area contributed by atoms with Crippen LogP contribution in [0.4, 0.5) is 0 Å². The topological polar surface area (TPSA) is 26.3 Å². The predicted molar refractivity (Wildman–Crippen MR) is 54.9 cm³/mol. The Hall–Kier alpha value is 0.170. The van der Waals surface area contributed by atoms with E-state index in [9.17, 15) is 4.79 Å². The van der Waals surface area contributed by atoms with Crippen LogP contribution in [0.15, 0.2) is 0 Å². The number of carbonyl (C=O) groups excluding carboxylic acids is 1. The van der Waals surface area contributed by atoms with Crippen LogP contribution in [-0.2, 0) is 9.53 Å². The second-order valence-corrected chi connectivity index (χ2v) is 5.21. The van der Waals surface area contributed by atoms with Gasteiger partial charge in [-0.3, -0.25) is 4.79 Å². The maximum Gasteiger partial charge on any atom is 0.310 e. The highest BCUT2D eigenvalue weighted by Crippen LogP contribution is 2.32. The number of esters is 1. The van der Waals surface area contributed by atoms with Crippen LogP contribution in [0.1, 0.15) is 20.3 Å². The van der Waals surface area contributed by atoms with Crippen LogP contribution in [-0.4, -0.2) is 22.6 Å². The molecule has 2 atom stereocenters. The second kappa shape index (κ2) is 3.50. The van der Waals surface area contributed by atoms with E-state index in [1.165, 1.54) is 0 Å². The van der Waals surface area contributed by atoms with Crippen molar-refractivity contribution in [2.24, 2.45) is 5.92 Å². The third kappa shape index (κ3) is 2.10. The molecule has 4 heteroatoms. The molecule has 1 aliphatic heterocycles. The minimum absolute atomic E-state index is 0.0373.